The van der Waals surface area contributed by atoms with Gasteiger partial charge in [-0.3, -0.25) is 4.99 Å². The van der Waals surface area contributed by atoms with Crippen LogP contribution in [0.5, 0.6) is 0 Å². The predicted molar refractivity (Wildman–Crippen MR) is 109 cm³/mol. The number of fused-ring (bicyclic) bond motifs is 1. The fourth-order valence-electron chi connectivity index (χ4n) is 2.43. The molecular weight excluding hydrogens is 401 g/mol. The minimum Gasteiger partial charge on any atom is -0.380 e. The minimum absolute atomic E-state index is 0. The van der Waals surface area contributed by atoms with Crippen LogP contribution in [0.3, 0.4) is 0 Å². The molecule has 0 radical (unpaired) electrons. The van der Waals surface area contributed by atoms with E-state index in [0.29, 0.717) is 6.61 Å². The monoisotopic (exact) mass is 427 g/mol. The Labute approximate surface area is 155 Å². The van der Waals surface area contributed by atoms with Gasteiger partial charge in [-0.1, -0.05) is 42.5 Å². The second kappa shape index (κ2) is 11.2. The van der Waals surface area contributed by atoms with Crippen LogP contribution in [-0.4, -0.2) is 39.3 Å². The van der Waals surface area contributed by atoms with Crippen molar-refractivity contribution >= 4 is 40.7 Å². The molecule has 23 heavy (non-hydrogen) atoms. The molecule has 0 bridgehead atoms. The second-order valence-electron chi connectivity index (χ2n) is 5.01. The summed E-state index contributed by atoms with van der Waals surface area (Å²) in [7, 11) is 1.79. The van der Waals surface area contributed by atoms with Gasteiger partial charge in [-0.25, -0.2) is 0 Å². The van der Waals surface area contributed by atoms with Gasteiger partial charge in [0.2, 0.25) is 0 Å². The van der Waals surface area contributed by atoms with Crippen molar-refractivity contribution in [3.63, 3.8) is 0 Å². The van der Waals surface area contributed by atoms with Crippen LogP contribution in [0, 0.1) is 0 Å². The van der Waals surface area contributed by atoms with Crippen LogP contribution in [-0.2, 0) is 11.2 Å². The summed E-state index contributed by atoms with van der Waals surface area (Å²) in [5.74, 6) is 0.819. The van der Waals surface area contributed by atoms with Crippen LogP contribution in [0.15, 0.2) is 47.5 Å². The lowest BCUT2D eigenvalue weighted by molar-refractivity contribution is 0.152. The normalized spacial score (nSPS) is 11.1. The third-order valence-electron chi connectivity index (χ3n) is 3.53. The average molecular weight is 427 g/mol. The van der Waals surface area contributed by atoms with Gasteiger partial charge in [0.05, 0.1) is 6.61 Å². The molecule has 0 heterocycles. The quantitative estimate of drug-likeness (QED) is 0.309. The Morgan fingerprint density at radius 3 is 2.57 bits per heavy atom. The van der Waals surface area contributed by atoms with Crippen molar-refractivity contribution in [2.45, 2.75) is 13.3 Å². The van der Waals surface area contributed by atoms with Crippen LogP contribution >= 0.6 is 24.0 Å². The van der Waals surface area contributed by atoms with Crippen LogP contribution < -0.4 is 10.6 Å². The fourth-order valence-corrected chi connectivity index (χ4v) is 2.43. The van der Waals surface area contributed by atoms with Gasteiger partial charge in [0.25, 0.3) is 0 Å². The van der Waals surface area contributed by atoms with Crippen LogP contribution in [0.4, 0.5) is 0 Å². The minimum atomic E-state index is 0. The largest absolute Gasteiger partial charge is 0.380 e. The molecule has 0 aliphatic rings. The van der Waals surface area contributed by atoms with Crippen molar-refractivity contribution in [1.82, 2.24) is 10.6 Å². The van der Waals surface area contributed by atoms with Crippen molar-refractivity contribution in [1.29, 1.82) is 0 Å². The first-order valence-corrected chi connectivity index (χ1v) is 7.84. The maximum atomic E-state index is 5.31. The van der Waals surface area contributed by atoms with Crippen LogP contribution in [0.1, 0.15) is 12.5 Å². The molecule has 2 N–H and O–H groups in total. The zero-order valence-electron chi connectivity index (χ0n) is 13.8. The summed E-state index contributed by atoms with van der Waals surface area (Å²) in [6.07, 6.45) is 0.966. The fraction of sp³-hybridized carbons (Fsp3) is 0.389. The summed E-state index contributed by atoms with van der Waals surface area (Å²) in [4.78, 5) is 4.22. The van der Waals surface area contributed by atoms with Gasteiger partial charge in [-0.2, -0.15) is 0 Å². The number of ether oxygens (including phenoxy) is 1. The topological polar surface area (TPSA) is 45.6 Å². The number of hydrogen-bond acceptors (Lipinski definition) is 2. The highest BCUT2D eigenvalue weighted by atomic mass is 127. The third-order valence-corrected chi connectivity index (χ3v) is 3.53. The molecular formula is C18H26IN3O. The zero-order valence-corrected chi connectivity index (χ0v) is 16.2. The first-order chi connectivity index (χ1) is 10.8. The molecule has 0 atom stereocenters. The number of aliphatic imine (C=N–C) groups is 1. The predicted octanol–water partition coefficient (Wildman–Crippen LogP) is 3.20. The van der Waals surface area contributed by atoms with E-state index in [2.05, 4.69) is 58.1 Å². The summed E-state index contributed by atoms with van der Waals surface area (Å²) in [5.41, 5.74) is 1.36. The Morgan fingerprint density at radius 1 is 1.04 bits per heavy atom. The van der Waals surface area contributed by atoms with E-state index < -0.39 is 0 Å². The number of nitrogens with one attached hydrogen (secondary N) is 2. The number of rotatable bonds is 7. The summed E-state index contributed by atoms with van der Waals surface area (Å²) in [6.45, 7) is 5.05. The van der Waals surface area contributed by atoms with Crippen LogP contribution in [0.25, 0.3) is 10.8 Å². The number of halogens is 1. The molecule has 2 aromatic carbocycles. The Hall–Kier alpha value is -1.34. The molecule has 0 amide bonds. The molecule has 0 fully saturated rings. The van der Waals surface area contributed by atoms with Crippen molar-refractivity contribution < 1.29 is 4.74 Å². The van der Waals surface area contributed by atoms with Crippen LogP contribution in [0.2, 0.25) is 0 Å². The summed E-state index contributed by atoms with van der Waals surface area (Å²) in [6, 6.07) is 15.0. The zero-order chi connectivity index (χ0) is 15.6. The molecule has 0 unspecified atom stereocenters. The number of benzene rings is 2. The van der Waals surface area contributed by atoms with Crippen molar-refractivity contribution in [2.75, 3.05) is 33.4 Å². The third kappa shape index (κ3) is 6.35. The highest BCUT2D eigenvalue weighted by Crippen LogP contribution is 2.18. The highest BCUT2D eigenvalue weighted by molar-refractivity contribution is 14.0. The molecule has 2 aromatic rings. The highest BCUT2D eigenvalue weighted by Gasteiger charge is 2.01. The van der Waals surface area contributed by atoms with Gasteiger partial charge >= 0.3 is 0 Å². The lowest BCUT2D eigenvalue weighted by Crippen LogP contribution is -2.39. The van der Waals surface area contributed by atoms with Gasteiger partial charge in [-0.05, 0) is 29.7 Å². The van der Waals surface area contributed by atoms with Gasteiger partial charge in [0.15, 0.2) is 5.96 Å². The van der Waals surface area contributed by atoms with E-state index in [1.54, 1.807) is 7.05 Å². The van der Waals surface area contributed by atoms with E-state index in [1.807, 2.05) is 6.92 Å². The second-order valence-corrected chi connectivity index (χ2v) is 5.01. The lowest BCUT2D eigenvalue weighted by Gasteiger charge is -2.12. The molecule has 4 nitrogen and oxygen atoms in total. The molecule has 0 aromatic heterocycles. The number of hydrogen-bond donors (Lipinski definition) is 2. The number of nitrogens with zero attached hydrogens (tertiary/aromatic N) is 1. The molecule has 2 rings (SSSR count). The van der Waals surface area contributed by atoms with Gasteiger partial charge in [0.1, 0.15) is 0 Å². The SMILES string of the molecule is CCOCCNC(=NC)NCCc1cccc2ccccc12.I. The van der Waals surface area contributed by atoms with Gasteiger partial charge in [0, 0.05) is 26.7 Å². The molecule has 0 aliphatic carbocycles. The standard InChI is InChI=1S/C18H25N3O.HI/c1-3-22-14-13-21-18(19-2)20-12-11-16-9-6-8-15-7-4-5-10-17(15)16;/h4-10H,3,11-14H2,1-2H3,(H2,19,20,21);1H. The Kier molecular flexibility index (Phi) is 9.63. The Bertz CT molecular complexity index is 611. The van der Waals surface area contributed by atoms with E-state index >= 15 is 0 Å². The summed E-state index contributed by atoms with van der Waals surface area (Å²) in [5, 5.41) is 9.20. The first-order valence-electron chi connectivity index (χ1n) is 7.84. The lowest BCUT2D eigenvalue weighted by atomic mass is 10.0. The van der Waals surface area contributed by atoms with E-state index in [4.69, 9.17) is 4.74 Å². The van der Waals surface area contributed by atoms with Gasteiger partial charge < -0.3 is 15.4 Å². The van der Waals surface area contributed by atoms with E-state index in [1.165, 1.54) is 16.3 Å². The Morgan fingerprint density at radius 2 is 1.78 bits per heavy atom. The smallest absolute Gasteiger partial charge is 0.191 e. The molecule has 0 spiro atoms. The van der Waals surface area contributed by atoms with E-state index in [-0.39, 0.29) is 24.0 Å². The average Bonchev–Trinajstić information content (AvgIpc) is 2.57. The van der Waals surface area contributed by atoms with Crippen molar-refractivity contribution in [2.24, 2.45) is 4.99 Å². The van der Waals surface area contributed by atoms with Gasteiger partial charge in [-0.15, -0.1) is 24.0 Å². The maximum absolute atomic E-state index is 5.31. The molecule has 0 saturated heterocycles. The van der Waals surface area contributed by atoms with E-state index in [9.17, 15) is 0 Å². The summed E-state index contributed by atoms with van der Waals surface area (Å²) >= 11 is 0. The maximum Gasteiger partial charge on any atom is 0.191 e. The molecule has 126 valence electrons. The molecule has 5 heteroatoms. The Balaban J connectivity index is 0.00000264. The molecule has 0 aliphatic heterocycles. The molecule has 0 saturated carbocycles. The summed E-state index contributed by atoms with van der Waals surface area (Å²) < 4.78 is 5.31. The van der Waals surface area contributed by atoms with Crippen molar-refractivity contribution in [3.05, 3.63) is 48.0 Å². The van der Waals surface area contributed by atoms with E-state index in [0.717, 1.165) is 32.1 Å². The first kappa shape index (κ1) is 19.7. The van der Waals surface area contributed by atoms with Crippen molar-refractivity contribution in [3.8, 4) is 0 Å². The number of guanidine groups is 1.